The molecular weight excluding hydrogens is 380 g/mol. The molecule has 0 spiro atoms. The molecule has 0 aliphatic rings. The second-order valence-corrected chi connectivity index (χ2v) is 6.88. The van der Waals surface area contributed by atoms with Gasteiger partial charge in [0.15, 0.2) is 0 Å². The molecule has 0 fully saturated rings. The monoisotopic (exact) mass is 408 g/mol. The summed E-state index contributed by atoms with van der Waals surface area (Å²) in [6, 6.07) is 5.68. The lowest BCUT2D eigenvalue weighted by atomic mass is 10.0. The molecule has 0 heterocycles. The van der Waals surface area contributed by atoms with Crippen molar-refractivity contribution in [2.75, 3.05) is 13.2 Å². The number of benzene rings is 1. The smallest absolute Gasteiger partial charge is 0.322 e. The van der Waals surface area contributed by atoms with E-state index in [-0.39, 0.29) is 12.3 Å². The van der Waals surface area contributed by atoms with Crippen LogP contribution in [0.1, 0.15) is 19.4 Å². The van der Waals surface area contributed by atoms with Gasteiger partial charge in [-0.1, -0.05) is 44.2 Å². The van der Waals surface area contributed by atoms with E-state index < -0.39 is 55.0 Å². The van der Waals surface area contributed by atoms with Crippen LogP contribution >= 0.6 is 0 Å². The molecule has 3 atom stereocenters. The molecule has 0 bridgehead atoms. The number of nitrogens with one attached hydrogen (secondary N) is 3. The van der Waals surface area contributed by atoms with Crippen molar-refractivity contribution in [3.63, 3.8) is 0 Å². The molecule has 1 aromatic rings. The number of hydrogen-bond acceptors (Lipinski definition) is 6. The number of carbonyl (C=O) groups is 4. The molecule has 0 aromatic heterocycles. The largest absolute Gasteiger partial charge is 0.480 e. The quantitative estimate of drug-likeness (QED) is 0.255. The van der Waals surface area contributed by atoms with Gasteiger partial charge >= 0.3 is 5.97 Å². The van der Waals surface area contributed by atoms with Gasteiger partial charge in [-0.05, 0) is 11.5 Å². The number of nitrogens with two attached hydrogens (primary N) is 1. The summed E-state index contributed by atoms with van der Waals surface area (Å²) < 4.78 is 0. The third-order valence-electron chi connectivity index (χ3n) is 4.11. The van der Waals surface area contributed by atoms with Crippen molar-refractivity contribution in [1.82, 2.24) is 16.0 Å². The maximum atomic E-state index is 12.8. The van der Waals surface area contributed by atoms with Crippen LogP contribution in [-0.2, 0) is 25.6 Å². The first-order chi connectivity index (χ1) is 13.6. The zero-order chi connectivity index (χ0) is 22.0. The lowest BCUT2D eigenvalue weighted by Crippen LogP contribution is -2.58. The van der Waals surface area contributed by atoms with E-state index in [9.17, 15) is 19.2 Å². The Morgan fingerprint density at radius 3 is 2.14 bits per heavy atom. The second-order valence-electron chi connectivity index (χ2n) is 6.88. The molecule has 3 amide bonds. The number of carbonyl (C=O) groups excluding carboxylic acids is 3. The summed E-state index contributed by atoms with van der Waals surface area (Å²) in [6.45, 7) is 2.22. The zero-order valence-electron chi connectivity index (χ0n) is 16.4. The van der Waals surface area contributed by atoms with Crippen molar-refractivity contribution >= 4 is 23.7 Å². The van der Waals surface area contributed by atoms with E-state index in [1.54, 1.807) is 44.2 Å². The van der Waals surface area contributed by atoms with Gasteiger partial charge in [0.25, 0.3) is 0 Å². The average Bonchev–Trinajstić information content (AvgIpc) is 2.69. The molecule has 29 heavy (non-hydrogen) atoms. The Kier molecular flexibility index (Phi) is 9.76. The molecule has 10 nitrogen and oxygen atoms in total. The van der Waals surface area contributed by atoms with Crippen LogP contribution in [0.3, 0.4) is 0 Å². The molecule has 1 rings (SSSR count). The molecular formula is C19H28N4O6. The minimum Gasteiger partial charge on any atom is -0.480 e. The number of carboxylic acid groups (broad SMARTS) is 1. The summed E-state index contributed by atoms with van der Waals surface area (Å²) >= 11 is 0. The number of carboxylic acids is 1. The number of hydrogen-bond donors (Lipinski definition) is 6. The summed E-state index contributed by atoms with van der Waals surface area (Å²) in [5.74, 6) is -3.52. The number of amides is 3. The van der Waals surface area contributed by atoms with Crippen molar-refractivity contribution in [2.45, 2.75) is 38.4 Å². The van der Waals surface area contributed by atoms with Crippen LogP contribution in [0.25, 0.3) is 0 Å². The van der Waals surface area contributed by atoms with E-state index in [4.69, 9.17) is 15.9 Å². The number of rotatable bonds is 11. The summed E-state index contributed by atoms with van der Waals surface area (Å²) in [4.78, 5) is 47.8. The Morgan fingerprint density at radius 1 is 1.00 bits per heavy atom. The molecule has 0 radical (unpaired) electrons. The van der Waals surface area contributed by atoms with E-state index >= 15 is 0 Å². The van der Waals surface area contributed by atoms with E-state index in [0.29, 0.717) is 0 Å². The molecule has 0 saturated carbocycles. The fourth-order valence-corrected chi connectivity index (χ4v) is 2.48. The Hall–Kier alpha value is -2.98. The third-order valence-corrected chi connectivity index (χ3v) is 4.11. The first-order valence-corrected chi connectivity index (χ1v) is 9.16. The average molecular weight is 408 g/mol. The van der Waals surface area contributed by atoms with Crippen molar-refractivity contribution in [3.05, 3.63) is 35.9 Å². The Bertz CT molecular complexity index is 710. The van der Waals surface area contributed by atoms with Crippen molar-refractivity contribution < 1.29 is 29.4 Å². The highest BCUT2D eigenvalue weighted by molar-refractivity contribution is 5.94. The van der Waals surface area contributed by atoms with Gasteiger partial charge < -0.3 is 31.9 Å². The van der Waals surface area contributed by atoms with Gasteiger partial charge in [-0.15, -0.1) is 0 Å². The van der Waals surface area contributed by atoms with E-state index in [2.05, 4.69) is 16.0 Å². The van der Waals surface area contributed by atoms with Crippen LogP contribution in [0.2, 0.25) is 0 Å². The number of aliphatic hydroxyl groups is 1. The van der Waals surface area contributed by atoms with Crippen LogP contribution in [0.4, 0.5) is 0 Å². The molecule has 0 aliphatic heterocycles. The normalized spacial score (nSPS) is 13.8. The van der Waals surface area contributed by atoms with Crippen molar-refractivity contribution in [1.29, 1.82) is 0 Å². The molecule has 0 saturated heterocycles. The SMILES string of the molecule is CC(C)[C@H](NC(=O)[C@H](Cc1ccccc1)NC(=O)[C@@H](N)CO)C(=O)NCC(=O)O. The van der Waals surface area contributed by atoms with Crippen molar-refractivity contribution in [2.24, 2.45) is 11.7 Å². The number of aliphatic hydroxyl groups excluding tert-OH is 1. The zero-order valence-corrected chi connectivity index (χ0v) is 16.4. The first-order valence-electron chi connectivity index (χ1n) is 9.16. The van der Waals surface area contributed by atoms with Gasteiger partial charge in [0.05, 0.1) is 6.61 Å². The number of aliphatic carboxylic acids is 1. The van der Waals surface area contributed by atoms with Gasteiger partial charge in [-0.2, -0.15) is 0 Å². The Morgan fingerprint density at radius 2 is 1.62 bits per heavy atom. The van der Waals surface area contributed by atoms with E-state index in [1.165, 1.54) is 0 Å². The highest BCUT2D eigenvalue weighted by atomic mass is 16.4. The molecule has 1 aromatic carbocycles. The highest BCUT2D eigenvalue weighted by Crippen LogP contribution is 2.07. The highest BCUT2D eigenvalue weighted by Gasteiger charge is 2.30. The fraction of sp³-hybridized carbons (Fsp3) is 0.474. The maximum Gasteiger partial charge on any atom is 0.322 e. The maximum absolute atomic E-state index is 12.8. The van der Waals surface area contributed by atoms with E-state index in [0.717, 1.165) is 5.56 Å². The second kappa shape index (κ2) is 11.8. The Labute approximate surface area is 168 Å². The van der Waals surface area contributed by atoms with Crippen LogP contribution in [0, 0.1) is 5.92 Å². The fourth-order valence-electron chi connectivity index (χ4n) is 2.48. The lowest BCUT2D eigenvalue weighted by molar-refractivity contribution is -0.139. The molecule has 7 N–H and O–H groups in total. The van der Waals surface area contributed by atoms with Crippen molar-refractivity contribution in [3.8, 4) is 0 Å². The predicted molar refractivity (Wildman–Crippen MR) is 105 cm³/mol. The van der Waals surface area contributed by atoms with E-state index in [1.807, 2.05) is 0 Å². The standard InChI is InChI=1S/C19H28N4O6/c1-11(2)16(19(29)21-9-15(25)26)23-18(28)14(22-17(27)13(20)10-24)8-12-6-4-3-5-7-12/h3-7,11,13-14,16,24H,8-10,20H2,1-2H3,(H,21,29)(H,22,27)(H,23,28)(H,25,26)/t13-,14-,16-/m0/s1. The van der Waals surface area contributed by atoms with Gasteiger partial charge in [-0.25, -0.2) is 0 Å². The van der Waals surface area contributed by atoms with Gasteiger partial charge in [0.1, 0.15) is 24.7 Å². The van der Waals surface area contributed by atoms with Gasteiger partial charge in [0, 0.05) is 6.42 Å². The molecule has 0 aliphatic carbocycles. The lowest BCUT2D eigenvalue weighted by Gasteiger charge is -2.25. The third kappa shape index (κ3) is 8.28. The van der Waals surface area contributed by atoms with Crippen LogP contribution in [0.15, 0.2) is 30.3 Å². The summed E-state index contributed by atoms with van der Waals surface area (Å²) in [6.07, 6.45) is 0.137. The minimum atomic E-state index is -1.21. The molecule has 160 valence electrons. The molecule has 10 heteroatoms. The Balaban J connectivity index is 2.96. The summed E-state index contributed by atoms with van der Waals surface area (Å²) in [5.41, 5.74) is 6.28. The van der Waals surface area contributed by atoms with Crippen LogP contribution < -0.4 is 21.7 Å². The minimum absolute atomic E-state index is 0.137. The van der Waals surface area contributed by atoms with Crippen LogP contribution in [0.5, 0.6) is 0 Å². The summed E-state index contributed by atoms with van der Waals surface area (Å²) in [7, 11) is 0. The van der Waals surface area contributed by atoms with Gasteiger partial charge in [-0.3, -0.25) is 19.2 Å². The van der Waals surface area contributed by atoms with Crippen LogP contribution in [-0.4, -0.2) is 65.2 Å². The first kappa shape index (κ1) is 24.1. The van der Waals surface area contributed by atoms with Gasteiger partial charge in [0.2, 0.25) is 17.7 Å². The summed E-state index contributed by atoms with van der Waals surface area (Å²) in [5, 5.41) is 25.0. The predicted octanol–water partition coefficient (Wildman–Crippen LogP) is -1.62. The topological polar surface area (TPSA) is 171 Å². The molecule has 0 unspecified atom stereocenters.